The number of methoxy groups -OCH3 is 1. The quantitative estimate of drug-likeness (QED) is 0.211. The first-order valence-electron chi connectivity index (χ1n) is 11.6. The van der Waals surface area contributed by atoms with Crippen LogP contribution in [0.5, 0.6) is 0 Å². The number of halogens is 4. The van der Waals surface area contributed by atoms with Crippen LogP contribution >= 0.6 is 46.4 Å². The molecule has 0 radical (unpaired) electrons. The van der Waals surface area contributed by atoms with Crippen molar-refractivity contribution in [3.05, 3.63) is 79.1 Å². The Morgan fingerprint density at radius 2 is 1.20 bits per heavy atom. The number of rotatable bonds is 6. The second kappa shape index (κ2) is 15.5. The van der Waals surface area contributed by atoms with E-state index in [-0.39, 0.29) is 38.9 Å². The number of nitrogens with zero attached hydrogens (tertiary/aromatic N) is 2. The third-order valence-corrected chi connectivity index (χ3v) is 6.79. The third kappa shape index (κ3) is 7.39. The van der Waals surface area contributed by atoms with Gasteiger partial charge in [0.25, 0.3) is 0 Å². The van der Waals surface area contributed by atoms with Crippen LogP contribution in [0.3, 0.4) is 0 Å². The second-order valence-electron chi connectivity index (χ2n) is 8.80. The normalized spacial score (nSPS) is 10.5. The molecule has 0 aliphatic heterocycles. The fourth-order valence-corrected chi connectivity index (χ4v) is 4.89. The average molecular weight is 632 g/mol. The van der Waals surface area contributed by atoms with Crippen LogP contribution < -0.4 is 0 Å². The van der Waals surface area contributed by atoms with Crippen molar-refractivity contribution in [1.29, 1.82) is 0 Å². The summed E-state index contributed by atoms with van der Waals surface area (Å²) in [6, 6.07) is 10.3. The SMILES string of the molecule is C.C.CC(C)c1onc(-c2c(Cl)cccc2Cl)c1CO.COC(=O)c1c(-c2c(Cl)cccc2Cl)noc1C(C)C. The molecule has 0 aliphatic carbocycles. The third-order valence-electron chi connectivity index (χ3n) is 5.53. The van der Waals surface area contributed by atoms with Gasteiger partial charge in [-0.2, -0.15) is 0 Å². The average Bonchev–Trinajstić information content (AvgIpc) is 3.49. The van der Waals surface area contributed by atoms with Crippen molar-refractivity contribution >= 4 is 52.4 Å². The van der Waals surface area contributed by atoms with Gasteiger partial charge in [-0.15, -0.1) is 0 Å². The summed E-state index contributed by atoms with van der Waals surface area (Å²) in [5.41, 5.74) is 2.78. The molecule has 0 bridgehead atoms. The van der Waals surface area contributed by atoms with Gasteiger partial charge in [0.1, 0.15) is 22.7 Å². The van der Waals surface area contributed by atoms with E-state index in [0.29, 0.717) is 59.7 Å². The predicted octanol–water partition coefficient (Wildman–Crippen LogP) is 10.1. The van der Waals surface area contributed by atoms with E-state index in [1.807, 2.05) is 27.7 Å². The van der Waals surface area contributed by atoms with Crippen molar-refractivity contribution in [2.24, 2.45) is 0 Å². The molecule has 0 spiro atoms. The monoisotopic (exact) mass is 630 g/mol. The van der Waals surface area contributed by atoms with E-state index in [1.54, 1.807) is 36.4 Å². The van der Waals surface area contributed by atoms with Crippen molar-refractivity contribution in [2.45, 2.75) is 61.0 Å². The molecule has 1 N–H and O–H groups in total. The largest absolute Gasteiger partial charge is 0.465 e. The maximum atomic E-state index is 12.0. The molecule has 2 heterocycles. The molecule has 218 valence electrons. The van der Waals surface area contributed by atoms with Crippen molar-refractivity contribution in [3.8, 4) is 22.5 Å². The van der Waals surface area contributed by atoms with E-state index in [2.05, 4.69) is 10.3 Å². The zero-order chi connectivity index (χ0) is 28.1. The first kappa shape index (κ1) is 35.5. The lowest BCUT2D eigenvalue weighted by Gasteiger charge is -2.07. The maximum absolute atomic E-state index is 12.0. The van der Waals surface area contributed by atoms with Crippen LogP contribution in [-0.4, -0.2) is 28.5 Å². The molecule has 2 aromatic heterocycles. The van der Waals surface area contributed by atoms with Gasteiger partial charge >= 0.3 is 5.97 Å². The smallest absolute Gasteiger partial charge is 0.343 e. The lowest BCUT2D eigenvalue weighted by atomic mass is 10.0. The highest BCUT2D eigenvalue weighted by atomic mass is 35.5. The Balaban J connectivity index is 0.000000383. The highest BCUT2D eigenvalue weighted by Crippen LogP contribution is 2.39. The molecule has 0 saturated heterocycles. The molecule has 0 fully saturated rings. The van der Waals surface area contributed by atoms with E-state index in [0.717, 1.165) is 0 Å². The van der Waals surface area contributed by atoms with Crippen LogP contribution in [0, 0.1) is 0 Å². The minimum atomic E-state index is -0.527. The van der Waals surface area contributed by atoms with Crippen molar-refractivity contribution in [1.82, 2.24) is 10.3 Å². The van der Waals surface area contributed by atoms with Crippen LogP contribution in [0.2, 0.25) is 20.1 Å². The Labute approximate surface area is 255 Å². The number of ether oxygens (including phenoxy) is 1. The molecular weight excluding hydrogens is 598 g/mol. The van der Waals surface area contributed by atoms with E-state index in [9.17, 15) is 9.90 Å². The van der Waals surface area contributed by atoms with Gasteiger partial charge in [-0.3, -0.25) is 0 Å². The zero-order valence-corrected chi connectivity index (χ0v) is 24.3. The Bertz CT molecular complexity index is 1390. The summed E-state index contributed by atoms with van der Waals surface area (Å²) < 4.78 is 15.4. The number of esters is 1. The highest BCUT2D eigenvalue weighted by molar-refractivity contribution is 6.40. The lowest BCUT2D eigenvalue weighted by molar-refractivity contribution is 0.0598. The van der Waals surface area contributed by atoms with Gasteiger partial charge in [0.05, 0.1) is 33.8 Å². The molecule has 11 heteroatoms. The van der Waals surface area contributed by atoms with E-state index < -0.39 is 5.97 Å². The summed E-state index contributed by atoms with van der Waals surface area (Å²) >= 11 is 24.6. The topological polar surface area (TPSA) is 98.6 Å². The molecule has 7 nitrogen and oxygen atoms in total. The zero-order valence-electron chi connectivity index (χ0n) is 21.3. The number of aliphatic hydroxyl groups excluding tert-OH is 1. The minimum absolute atomic E-state index is 0. The molecular formula is C29H34Cl4N2O5. The lowest BCUT2D eigenvalue weighted by Crippen LogP contribution is -2.06. The molecule has 0 saturated carbocycles. The van der Waals surface area contributed by atoms with Crippen LogP contribution in [0.1, 0.15) is 81.8 Å². The van der Waals surface area contributed by atoms with Crippen molar-refractivity contribution in [2.75, 3.05) is 7.11 Å². The first-order valence-corrected chi connectivity index (χ1v) is 13.1. The van der Waals surface area contributed by atoms with Crippen LogP contribution in [0.15, 0.2) is 45.4 Å². The van der Waals surface area contributed by atoms with E-state index in [1.165, 1.54) is 7.11 Å². The Hall–Kier alpha value is -2.55. The molecule has 0 aliphatic rings. The first-order chi connectivity index (χ1) is 18.0. The summed E-state index contributed by atoms with van der Waals surface area (Å²) in [4.78, 5) is 12.0. The summed E-state index contributed by atoms with van der Waals surface area (Å²) in [5, 5.41) is 19.2. The van der Waals surface area contributed by atoms with Gasteiger partial charge in [0, 0.05) is 28.5 Å². The Morgan fingerprint density at radius 1 is 0.800 bits per heavy atom. The molecule has 2 aromatic carbocycles. The number of hydrogen-bond donors (Lipinski definition) is 1. The standard InChI is InChI=1S/C14H13Cl2NO3.C13H13Cl2NO2.2CH4/c1-7(2)13-11(14(18)19-3)12(17-20-13)10-8(15)5-4-6-9(10)16;1-7(2)13-8(6-17)12(16-18-13)11-9(14)4-3-5-10(11)15;;/h4-7H,1-3H3;3-5,7,17H,6H2,1-2H3;2*1H4. The van der Waals surface area contributed by atoms with Gasteiger partial charge in [0.15, 0.2) is 5.76 Å². The van der Waals surface area contributed by atoms with Gasteiger partial charge in [-0.1, -0.05) is 111 Å². The number of benzene rings is 2. The molecule has 0 unspecified atom stereocenters. The summed E-state index contributed by atoms with van der Waals surface area (Å²) in [7, 11) is 1.30. The molecule has 4 rings (SSSR count). The maximum Gasteiger partial charge on any atom is 0.343 e. The number of hydrogen-bond acceptors (Lipinski definition) is 7. The number of carbonyl (C=O) groups is 1. The van der Waals surface area contributed by atoms with Crippen LogP contribution in [0.4, 0.5) is 0 Å². The fourth-order valence-electron chi connectivity index (χ4n) is 3.74. The van der Waals surface area contributed by atoms with Gasteiger partial charge in [-0.25, -0.2) is 4.79 Å². The summed E-state index contributed by atoms with van der Waals surface area (Å²) in [6.45, 7) is 7.57. The van der Waals surface area contributed by atoms with Crippen molar-refractivity contribution < 1.29 is 23.7 Å². The van der Waals surface area contributed by atoms with Crippen molar-refractivity contribution in [3.63, 3.8) is 0 Å². The van der Waals surface area contributed by atoms with Gasteiger partial charge in [-0.05, 0) is 24.3 Å². The predicted molar refractivity (Wildman–Crippen MR) is 163 cm³/mol. The summed E-state index contributed by atoms with van der Waals surface area (Å²) in [6.07, 6.45) is 0. The minimum Gasteiger partial charge on any atom is -0.465 e. The van der Waals surface area contributed by atoms with E-state index in [4.69, 9.17) is 60.2 Å². The molecule has 40 heavy (non-hydrogen) atoms. The Morgan fingerprint density at radius 3 is 1.60 bits per heavy atom. The van der Waals surface area contributed by atoms with Crippen LogP contribution in [0.25, 0.3) is 22.5 Å². The molecule has 0 atom stereocenters. The number of aromatic nitrogens is 2. The van der Waals surface area contributed by atoms with Crippen LogP contribution in [-0.2, 0) is 11.3 Å². The highest BCUT2D eigenvalue weighted by Gasteiger charge is 2.28. The number of carbonyl (C=O) groups excluding carboxylic acids is 1. The number of aliphatic hydroxyl groups is 1. The summed E-state index contributed by atoms with van der Waals surface area (Å²) in [5.74, 6) is 0.688. The Kier molecular flexibility index (Phi) is 13.7. The van der Waals surface area contributed by atoms with E-state index >= 15 is 0 Å². The molecule has 0 amide bonds. The second-order valence-corrected chi connectivity index (χ2v) is 10.4. The van der Waals surface area contributed by atoms with Gasteiger partial charge < -0.3 is 18.9 Å². The fraction of sp³-hybridized carbons (Fsp3) is 0.345. The molecule has 4 aromatic rings. The van der Waals surface area contributed by atoms with Gasteiger partial charge in [0.2, 0.25) is 0 Å².